The van der Waals surface area contributed by atoms with Gasteiger partial charge in [0.2, 0.25) is 0 Å². The van der Waals surface area contributed by atoms with Gasteiger partial charge in [-0.15, -0.1) is 0 Å². The monoisotopic (exact) mass is 397 g/mol. The lowest BCUT2D eigenvalue weighted by molar-refractivity contribution is -0.137. The smallest absolute Gasteiger partial charge is 0.381 e. The van der Waals surface area contributed by atoms with E-state index < -0.39 is 11.7 Å². The van der Waals surface area contributed by atoms with Crippen LogP contribution in [0.5, 0.6) is 0 Å². The fourth-order valence-electron chi connectivity index (χ4n) is 1.73. The Hall–Kier alpha value is -0.910. The summed E-state index contributed by atoms with van der Waals surface area (Å²) in [5.41, 5.74) is 0.309. The molecular weight excluding hydrogens is 390 g/mol. The van der Waals surface area contributed by atoms with E-state index >= 15 is 0 Å². The fourth-order valence-corrected chi connectivity index (χ4v) is 2.53. The molecule has 0 aliphatic heterocycles. The minimum absolute atomic E-state index is 0.322. The first-order valence-corrected chi connectivity index (χ1v) is 7.37. The van der Waals surface area contributed by atoms with E-state index in [1.807, 2.05) is 0 Å². The normalized spacial score (nSPS) is 11.5. The third-order valence-electron chi connectivity index (χ3n) is 2.76. The molecule has 7 heteroatoms. The molecule has 0 atom stereocenters. The topological polar surface area (TPSA) is 12.0 Å². The highest BCUT2D eigenvalue weighted by atomic mass is 79.9. The van der Waals surface area contributed by atoms with Crippen LogP contribution < -0.4 is 5.32 Å². The third kappa shape index (κ3) is 4.28. The van der Waals surface area contributed by atoms with Crippen LogP contribution in [0.4, 0.5) is 18.9 Å². The zero-order valence-electron chi connectivity index (χ0n) is 10.4. The van der Waals surface area contributed by atoms with E-state index in [0.29, 0.717) is 17.3 Å². The number of alkyl halides is 3. The van der Waals surface area contributed by atoms with Gasteiger partial charge in [-0.3, -0.25) is 0 Å². The molecule has 2 aromatic rings. The van der Waals surface area contributed by atoms with Gasteiger partial charge in [-0.25, -0.2) is 0 Å². The lowest BCUT2D eigenvalue weighted by Crippen LogP contribution is -2.07. The molecule has 0 saturated carbocycles. The molecule has 0 bridgehead atoms. The second-order valence-electron chi connectivity index (χ2n) is 4.28. The highest BCUT2D eigenvalue weighted by Gasteiger charge is 2.33. The summed E-state index contributed by atoms with van der Waals surface area (Å²) in [6, 6.07) is 8.94. The largest absolute Gasteiger partial charge is 0.417 e. The highest BCUT2D eigenvalue weighted by molar-refractivity contribution is 9.10. The van der Waals surface area contributed by atoms with Crippen molar-refractivity contribution in [2.45, 2.75) is 12.7 Å². The van der Waals surface area contributed by atoms with Crippen LogP contribution in [0.25, 0.3) is 0 Å². The number of anilines is 1. The Morgan fingerprint density at radius 3 is 2.43 bits per heavy atom. The molecule has 0 radical (unpaired) electrons. The molecule has 0 heterocycles. The summed E-state index contributed by atoms with van der Waals surface area (Å²) in [5, 5.41) is 3.16. The molecule has 0 aliphatic rings. The SMILES string of the molecule is FC(F)(F)c1cc(NCc2cc(Cl)ccc2Br)ccc1Cl. The summed E-state index contributed by atoms with van der Waals surface area (Å²) in [6.45, 7) is 0.333. The summed E-state index contributed by atoms with van der Waals surface area (Å²) in [7, 11) is 0. The first-order chi connectivity index (χ1) is 9.77. The number of hydrogen-bond acceptors (Lipinski definition) is 1. The molecule has 112 valence electrons. The standard InChI is InChI=1S/C14H9BrCl2F3N/c15-12-3-1-9(16)5-8(12)7-21-10-2-4-13(17)11(6-10)14(18,19)20/h1-6,21H,7H2. The van der Waals surface area contributed by atoms with Gasteiger partial charge in [-0.1, -0.05) is 39.1 Å². The number of rotatable bonds is 3. The minimum atomic E-state index is -4.48. The van der Waals surface area contributed by atoms with Gasteiger partial charge < -0.3 is 5.32 Å². The molecule has 2 aromatic carbocycles. The molecule has 2 rings (SSSR count). The zero-order valence-corrected chi connectivity index (χ0v) is 13.5. The van der Waals surface area contributed by atoms with Crippen LogP contribution in [0.2, 0.25) is 10.0 Å². The van der Waals surface area contributed by atoms with Gasteiger partial charge >= 0.3 is 6.18 Å². The lowest BCUT2D eigenvalue weighted by Gasteiger charge is -2.13. The summed E-state index contributed by atoms with van der Waals surface area (Å²) >= 11 is 14.8. The van der Waals surface area contributed by atoms with Crippen molar-refractivity contribution in [2.24, 2.45) is 0 Å². The van der Waals surface area contributed by atoms with Gasteiger partial charge in [0.05, 0.1) is 10.6 Å². The molecule has 21 heavy (non-hydrogen) atoms. The van der Waals surface area contributed by atoms with E-state index in [-0.39, 0.29) is 5.02 Å². The van der Waals surface area contributed by atoms with Crippen LogP contribution >= 0.6 is 39.1 Å². The van der Waals surface area contributed by atoms with E-state index in [0.717, 1.165) is 16.1 Å². The second-order valence-corrected chi connectivity index (χ2v) is 5.98. The summed E-state index contributed by atoms with van der Waals surface area (Å²) in [6.07, 6.45) is -4.48. The Kier molecular flexibility index (Phi) is 5.07. The highest BCUT2D eigenvalue weighted by Crippen LogP contribution is 2.36. The number of halogens is 6. The molecule has 0 aliphatic carbocycles. The maximum absolute atomic E-state index is 12.8. The van der Waals surface area contributed by atoms with Crippen molar-refractivity contribution >= 4 is 44.8 Å². The molecule has 0 aromatic heterocycles. The summed E-state index contributed by atoms with van der Waals surface area (Å²) in [5.74, 6) is 0. The molecule has 1 nitrogen and oxygen atoms in total. The number of nitrogens with one attached hydrogen (secondary N) is 1. The van der Waals surface area contributed by atoms with Crippen LogP contribution in [-0.2, 0) is 12.7 Å². The Morgan fingerprint density at radius 2 is 1.76 bits per heavy atom. The van der Waals surface area contributed by atoms with Gasteiger partial charge in [0.25, 0.3) is 0 Å². The first kappa shape index (κ1) is 16.5. The molecule has 0 amide bonds. The number of benzene rings is 2. The van der Waals surface area contributed by atoms with Crippen molar-refractivity contribution in [3.05, 3.63) is 62.0 Å². The van der Waals surface area contributed by atoms with Gasteiger partial charge in [0, 0.05) is 21.7 Å². The van der Waals surface area contributed by atoms with Crippen molar-refractivity contribution < 1.29 is 13.2 Å². The minimum Gasteiger partial charge on any atom is -0.381 e. The molecule has 0 saturated heterocycles. The molecular formula is C14H9BrCl2F3N. The first-order valence-electron chi connectivity index (χ1n) is 5.82. The summed E-state index contributed by atoms with van der Waals surface area (Å²) in [4.78, 5) is 0. The van der Waals surface area contributed by atoms with Gasteiger partial charge in [0.1, 0.15) is 0 Å². The van der Waals surface area contributed by atoms with Crippen LogP contribution in [0.15, 0.2) is 40.9 Å². The van der Waals surface area contributed by atoms with E-state index in [9.17, 15) is 13.2 Å². The quantitative estimate of drug-likeness (QED) is 0.631. The van der Waals surface area contributed by atoms with Crippen LogP contribution in [0.3, 0.4) is 0 Å². The second kappa shape index (κ2) is 6.46. The molecule has 0 spiro atoms. The molecule has 1 N–H and O–H groups in total. The van der Waals surface area contributed by atoms with Crippen LogP contribution in [-0.4, -0.2) is 0 Å². The van der Waals surface area contributed by atoms with Crippen LogP contribution in [0, 0.1) is 0 Å². The van der Waals surface area contributed by atoms with E-state index in [1.165, 1.54) is 12.1 Å². The lowest BCUT2D eigenvalue weighted by atomic mass is 10.1. The summed E-state index contributed by atoms with van der Waals surface area (Å²) < 4.78 is 39.1. The van der Waals surface area contributed by atoms with Crippen molar-refractivity contribution in [3.8, 4) is 0 Å². The predicted octanol–water partition coefficient (Wildman–Crippen LogP) is 6.39. The fraction of sp³-hybridized carbons (Fsp3) is 0.143. The van der Waals surface area contributed by atoms with E-state index in [4.69, 9.17) is 23.2 Å². The van der Waals surface area contributed by atoms with Crippen molar-refractivity contribution in [2.75, 3.05) is 5.32 Å². The van der Waals surface area contributed by atoms with Crippen LogP contribution in [0.1, 0.15) is 11.1 Å². The predicted molar refractivity (Wildman–Crippen MR) is 82.9 cm³/mol. The maximum atomic E-state index is 12.8. The third-order valence-corrected chi connectivity index (χ3v) is 4.10. The molecule has 0 fully saturated rings. The van der Waals surface area contributed by atoms with Crippen molar-refractivity contribution in [1.82, 2.24) is 0 Å². The average molecular weight is 399 g/mol. The van der Waals surface area contributed by atoms with Gasteiger partial charge in [-0.2, -0.15) is 13.2 Å². The van der Waals surface area contributed by atoms with E-state index in [1.54, 1.807) is 18.2 Å². The Morgan fingerprint density at radius 1 is 1.05 bits per heavy atom. The Bertz CT molecular complexity index is 659. The van der Waals surface area contributed by atoms with E-state index in [2.05, 4.69) is 21.2 Å². The Balaban J connectivity index is 2.19. The maximum Gasteiger partial charge on any atom is 0.417 e. The number of hydrogen-bond donors (Lipinski definition) is 1. The van der Waals surface area contributed by atoms with Crippen molar-refractivity contribution in [1.29, 1.82) is 0 Å². The van der Waals surface area contributed by atoms with Crippen molar-refractivity contribution in [3.63, 3.8) is 0 Å². The molecule has 0 unspecified atom stereocenters. The van der Waals surface area contributed by atoms with Gasteiger partial charge in [0.15, 0.2) is 0 Å². The Labute approximate surface area is 138 Å². The average Bonchev–Trinajstić information content (AvgIpc) is 2.40. The van der Waals surface area contributed by atoms with Gasteiger partial charge in [-0.05, 0) is 42.0 Å². The zero-order chi connectivity index (χ0) is 15.6.